The zero-order chi connectivity index (χ0) is 16.1. The maximum Gasteiger partial charge on any atom is 0.266 e. The molecule has 1 aromatic heterocycles. The number of anilines is 1. The molecule has 22 heavy (non-hydrogen) atoms. The molecular weight excluding hydrogens is 326 g/mol. The summed E-state index contributed by atoms with van der Waals surface area (Å²) in [6.45, 7) is 3.90. The number of nitrogens with zero attached hydrogens (tertiary/aromatic N) is 2. The van der Waals surface area contributed by atoms with Gasteiger partial charge in [-0.25, -0.2) is 0 Å². The highest BCUT2D eigenvalue weighted by Gasteiger charge is 2.17. The second-order valence-corrected chi connectivity index (χ2v) is 6.09. The molecule has 0 radical (unpaired) electrons. The average Bonchev–Trinajstić information content (AvgIpc) is 2.89. The van der Waals surface area contributed by atoms with Gasteiger partial charge in [-0.15, -0.1) is 10.2 Å². The number of hydrogen-bond acceptors (Lipinski definition) is 6. The molecule has 0 saturated carbocycles. The number of halogens is 1. The number of ether oxygens (including phenoxy) is 2. The predicted molar refractivity (Wildman–Crippen MR) is 85.5 cm³/mol. The molecule has 0 fully saturated rings. The van der Waals surface area contributed by atoms with Crippen molar-refractivity contribution in [1.29, 1.82) is 0 Å². The van der Waals surface area contributed by atoms with Gasteiger partial charge >= 0.3 is 0 Å². The summed E-state index contributed by atoms with van der Waals surface area (Å²) in [4.78, 5) is 12.1. The molecule has 0 saturated heterocycles. The largest absolute Gasteiger partial charge is 0.481 e. The first-order chi connectivity index (χ1) is 10.5. The van der Waals surface area contributed by atoms with Gasteiger partial charge in [0.2, 0.25) is 5.13 Å². The van der Waals surface area contributed by atoms with E-state index in [1.54, 1.807) is 32.2 Å². The Balaban J connectivity index is 1.96. The Kier molecular flexibility index (Phi) is 5.70. The third-order valence-corrected chi connectivity index (χ3v) is 3.82. The van der Waals surface area contributed by atoms with E-state index < -0.39 is 6.10 Å². The fourth-order valence-electron chi connectivity index (χ4n) is 1.68. The SMILES string of the molecule is COCc1nnc(NC(=O)C(C)Oc2ccc(Cl)cc2C)s1. The van der Waals surface area contributed by atoms with Crippen LogP contribution in [0.4, 0.5) is 5.13 Å². The van der Waals surface area contributed by atoms with Crippen LogP contribution in [0, 0.1) is 6.92 Å². The number of methoxy groups -OCH3 is 1. The molecule has 1 aromatic carbocycles. The first-order valence-corrected chi connectivity index (χ1v) is 7.74. The quantitative estimate of drug-likeness (QED) is 0.874. The van der Waals surface area contributed by atoms with E-state index in [4.69, 9.17) is 21.1 Å². The van der Waals surface area contributed by atoms with Crippen molar-refractivity contribution in [3.8, 4) is 5.75 Å². The molecule has 1 heterocycles. The minimum Gasteiger partial charge on any atom is -0.481 e. The van der Waals surface area contributed by atoms with Crippen LogP contribution in [-0.2, 0) is 16.1 Å². The number of carbonyl (C=O) groups is 1. The Hall–Kier alpha value is -1.70. The van der Waals surface area contributed by atoms with Crippen molar-refractivity contribution >= 4 is 34.0 Å². The van der Waals surface area contributed by atoms with Crippen LogP contribution >= 0.6 is 22.9 Å². The van der Waals surface area contributed by atoms with Gasteiger partial charge in [-0.2, -0.15) is 0 Å². The summed E-state index contributed by atoms with van der Waals surface area (Å²) in [6.07, 6.45) is -0.672. The topological polar surface area (TPSA) is 73.3 Å². The lowest BCUT2D eigenvalue weighted by Crippen LogP contribution is -2.30. The van der Waals surface area contributed by atoms with Crippen molar-refractivity contribution in [2.75, 3.05) is 12.4 Å². The maximum absolute atomic E-state index is 12.1. The molecule has 6 nitrogen and oxygen atoms in total. The lowest BCUT2D eigenvalue weighted by Gasteiger charge is -2.15. The molecule has 8 heteroatoms. The van der Waals surface area contributed by atoms with Crippen LogP contribution in [0.5, 0.6) is 5.75 Å². The first kappa shape index (κ1) is 16.7. The van der Waals surface area contributed by atoms with Crippen molar-refractivity contribution in [2.45, 2.75) is 26.6 Å². The van der Waals surface area contributed by atoms with E-state index in [1.807, 2.05) is 6.92 Å². The summed E-state index contributed by atoms with van der Waals surface area (Å²) < 4.78 is 10.6. The zero-order valence-corrected chi connectivity index (χ0v) is 14.0. The Bertz CT molecular complexity index is 663. The number of nitrogens with one attached hydrogen (secondary N) is 1. The number of carbonyl (C=O) groups excluding carboxylic acids is 1. The molecule has 0 aliphatic rings. The summed E-state index contributed by atoms with van der Waals surface area (Å²) in [5, 5.41) is 12.2. The second kappa shape index (κ2) is 7.53. The van der Waals surface area contributed by atoms with Gasteiger partial charge in [0.1, 0.15) is 17.4 Å². The van der Waals surface area contributed by atoms with Gasteiger partial charge < -0.3 is 9.47 Å². The van der Waals surface area contributed by atoms with Gasteiger partial charge in [0, 0.05) is 12.1 Å². The normalized spacial score (nSPS) is 12.0. The van der Waals surface area contributed by atoms with Crippen molar-refractivity contribution in [3.63, 3.8) is 0 Å². The van der Waals surface area contributed by atoms with E-state index in [1.165, 1.54) is 11.3 Å². The third-order valence-electron chi connectivity index (χ3n) is 2.77. The molecule has 1 amide bonds. The molecule has 1 unspecified atom stereocenters. The Morgan fingerprint density at radius 3 is 2.91 bits per heavy atom. The summed E-state index contributed by atoms with van der Waals surface area (Å²) >= 11 is 7.15. The maximum atomic E-state index is 12.1. The molecule has 0 spiro atoms. The minimum atomic E-state index is -0.672. The van der Waals surface area contributed by atoms with Gasteiger partial charge in [-0.05, 0) is 37.6 Å². The number of benzene rings is 1. The molecule has 2 aromatic rings. The van der Waals surface area contributed by atoms with E-state index in [-0.39, 0.29) is 5.91 Å². The van der Waals surface area contributed by atoms with Crippen LogP contribution in [0.2, 0.25) is 5.02 Å². The van der Waals surface area contributed by atoms with Crippen LogP contribution in [0.3, 0.4) is 0 Å². The summed E-state index contributed by atoms with van der Waals surface area (Å²) in [5.74, 6) is 0.318. The standard InChI is InChI=1S/C14H16ClN3O3S/c1-8-6-10(15)4-5-11(8)21-9(2)13(19)16-14-18-17-12(22-14)7-20-3/h4-6,9H,7H2,1-3H3,(H,16,18,19). The lowest BCUT2D eigenvalue weighted by molar-refractivity contribution is -0.122. The molecule has 118 valence electrons. The molecule has 0 bridgehead atoms. The number of amides is 1. The van der Waals surface area contributed by atoms with Gasteiger partial charge in [-0.1, -0.05) is 22.9 Å². The van der Waals surface area contributed by atoms with E-state index in [0.717, 1.165) is 5.56 Å². The highest BCUT2D eigenvalue weighted by atomic mass is 35.5. The number of aromatic nitrogens is 2. The van der Waals surface area contributed by atoms with Crippen molar-refractivity contribution in [2.24, 2.45) is 0 Å². The zero-order valence-electron chi connectivity index (χ0n) is 12.4. The lowest BCUT2D eigenvalue weighted by atomic mass is 10.2. The summed E-state index contributed by atoms with van der Waals surface area (Å²) in [5.41, 5.74) is 0.866. The molecule has 0 aliphatic heterocycles. The van der Waals surface area contributed by atoms with E-state index in [0.29, 0.717) is 27.5 Å². The van der Waals surface area contributed by atoms with E-state index in [9.17, 15) is 4.79 Å². The molecule has 0 aliphatic carbocycles. The van der Waals surface area contributed by atoms with Gasteiger partial charge in [0.25, 0.3) is 5.91 Å². The highest BCUT2D eigenvalue weighted by Crippen LogP contribution is 2.23. The average molecular weight is 342 g/mol. The van der Waals surface area contributed by atoms with Crippen molar-refractivity contribution < 1.29 is 14.3 Å². The van der Waals surface area contributed by atoms with Crippen LogP contribution in [0.25, 0.3) is 0 Å². The van der Waals surface area contributed by atoms with Crippen molar-refractivity contribution in [1.82, 2.24) is 10.2 Å². The van der Waals surface area contributed by atoms with E-state index in [2.05, 4.69) is 15.5 Å². The van der Waals surface area contributed by atoms with Crippen LogP contribution in [-0.4, -0.2) is 29.3 Å². The first-order valence-electron chi connectivity index (χ1n) is 6.54. The third kappa shape index (κ3) is 4.40. The number of rotatable bonds is 6. The minimum absolute atomic E-state index is 0.297. The highest BCUT2D eigenvalue weighted by molar-refractivity contribution is 7.15. The Morgan fingerprint density at radius 2 is 2.23 bits per heavy atom. The number of aryl methyl sites for hydroxylation is 1. The van der Waals surface area contributed by atoms with Gasteiger partial charge in [0.05, 0.1) is 0 Å². The van der Waals surface area contributed by atoms with Crippen molar-refractivity contribution in [3.05, 3.63) is 33.8 Å². The number of hydrogen-bond donors (Lipinski definition) is 1. The molecule has 1 atom stereocenters. The summed E-state index contributed by atoms with van der Waals surface area (Å²) in [6, 6.07) is 5.24. The Labute approximate surface area is 137 Å². The fraction of sp³-hybridized carbons (Fsp3) is 0.357. The van der Waals surface area contributed by atoms with Gasteiger partial charge in [-0.3, -0.25) is 10.1 Å². The van der Waals surface area contributed by atoms with E-state index >= 15 is 0 Å². The molecule has 2 rings (SSSR count). The fourth-order valence-corrected chi connectivity index (χ4v) is 2.62. The Morgan fingerprint density at radius 1 is 1.45 bits per heavy atom. The van der Waals surface area contributed by atoms with Gasteiger partial charge in [0.15, 0.2) is 6.10 Å². The monoisotopic (exact) mass is 341 g/mol. The smallest absolute Gasteiger partial charge is 0.266 e. The van der Waals surface area contributed by atoms with Crippen LogP contribution in [0.1, 0.15) is 17.5 Å². The predicted octanol–water partition coefficient (Wildman–Crippen LogP) is 3.05. The molecule has 1 N–H and O–H groups in total. The second-order valence-electron chi connectivity index (χ2n) is 4.59. The van der Waals surface area contributed by atoms with Crippen LogP contribution in [0.15, 0.2) is 18.2 Å². The van der Waals surface area contributed by atoms with Crippen LogP contribution < -0.4 is 10.1 Å². The summed E-state index contributed by atoms with van der Waals surface area (Å²) in [7, 11) is 1.57. The molecular formula is C14H16ClN3O3S.